The van der Waals surface area contributed by atoms with E-state index in [1.54, 1.807) is 18.3 Å². The van der Waals surface area contributed by atoms with Gasteiger partial charge in [-0.25, -0.2) is 0 Å². The van der Waals surface area contributed by atoms with Crippen molar-refractivity contribution < 1.29 is 4.79 Å². The third-order valence-electron chi connectivity index (χ3n) is 3.40. The maximum atomic E-state index is 11.2. The molecule has 2 heterocycles. The summed E-state index contributed by atoms with van der Waals surface area (Å²) < 4.78 is 0. The molecule has 0 spiro atoms. The van der Waals surface area contributed by atoms with Gasteiger partial charge in [0.25, 0.3) is 0 Å². The third-order valence-corrected chi connectivity index (χ3v) is 4.45. The Kier molecular flexibility index (Phi) is 4.18. The van der Waals surface area contributed by atoms with E-state index < -0.39 is 0 Å². The van der Waals surface area contributed by atoms with Crippen LogP contribution in [0.5, 0.6) is 0 Å². The molecule has 1 atom stereocenters. The second-order valence-corrected chi connectivity index (χ2v) is 5.66. The molecule has 1 fully saturated rings. The van der Waals surface area contributed by atoms with E-state index in [0.29, 0.717) is 12.1 Å². The number of hydrogen-bond acceptors (Lipinski definition) is 3. The van der Waals surface area contributed by atoms with Crippen LogP contribution >= 0.6 is 11.3 Å². The van der Waals surface area contributed by atoms with E-state index in [1.165, 1.54) is 4.88 Å². The Morgan fingerprint density at radius 3 is 2.76 bits per heavy atom. The Morgan fingerprint density at radius 1 is 1.53 bits per heavy atom. The Morgan fingerprint density at radius 2 is 2.24 bits per heavy atom. The highest BCUT2D eigenvalue weighted by atomic mass is 32.1. The second-order valence-electron chi connectivity index (χ2n) is 4.68. The molecule has 1 aromatic heterocycles. The fourth-order valence-electron chi connectivity index (χ4n) is 2.33. The van der Waals surface area contributed by atoms with Gasteiger partial charge in [0.2, 0.25) is 5.91 Å². The summed E-state index contributed by atoms with van der Waals surface area (Å²) in [7, 11) is 0. The second kappa shape index (κ2) is 5.65. The van der Waals surface area contributed by atoms with Crippen LogP contribution in [-0.2, 0) is 4.79 Å². The zero-order valence-electron chi connectivity index (χ0n) is 10.5. The van der Waals surface area contributed by atoms with Crippen LogP contribution in [0.2, 0.25) is 0 Å². The molecule has 1 aromatic rings. The molecule has 0 aromatic carbocycles. The van der Waals surface area contributed by atoms with Crippen LogP contribution in [0.4, 0.5) is 0 Å². The maximum absolute atomic E-state index is 11.2. The van der Waals surface area contributed by atoms with E-state index in [4.69, 9.17) is 0 Å². The average Bonchev–Trinajstić information content (AvgIpc) is 2.83. The number of nitrogens with one attached hydrogen (secondary N) is 1. The fourth-order valence-corrected chi connectivity index (χ4v) is 3.08. The Bertz CT molecular complexity index is 356. The van der Waals surface area contributed by atoms with Crippen LogP contribution in [-0.4, -0.2) is 29.9 Å². The minimum absolute atomic E-state index is 0.203. The molecule has 94 valence electrons. The monoisotopic (exact) mass is 252 g/mol. The van der Waals surface area contributed by atoms with Crippen LogP contribution in [0.25, 0.3) is 0 Å². The van der Waals surface area contributed by atoms with Crippen LogP contribution < -0.4 is 5.32 Å². The molecule has 2 rings (SSSR count). The standard InChI is InChI=1S/C13H20N2OS/c1-10(13-4-3-9-17-13)14-12-5-7-15(8-6-12)11(2)16/h3-4,9-10,12,14H,5-8H2,1-2H3/t10-/m1/s1. The first kappa shape index (κ1) is 12.6. The SMILES string of the molecule is CC(=O)N1CCC(N[C@H](C)c2cccs2)CC1. The van der Waals surface area contributed by atoms with Gasteiger partial charge in [0, 0.05) is 37.0 Å². The summed E-state index contributed by atoms with van der Waals surface area (Å²) in [5, 5.41) is 5.77. The summed E-state index contributed by atoms with van der Waals surface area (Å²) in [6.07, 6.45) is 2.13. The number of carbonyl (C=O) groups excluding carboxylic acids is 1. The average molecular weight is 252 g/mol. The third kappa shape index (κ3) is 3.30. The van der Waals surface area contributed by atoms with Gasteiger partial charge in [-0.3, -0.25) is 4.79 Å². The lowest BCUT2D eigenvalue weighted by Crippen LogP contribution is -2.44. The lowest BCUT2D eigenvalue weighted by molar-refractivity contribution is -0.129. The van der Waals surface area contributed by atoms with Gasteiger partial charge in [0.1, 0.15) is 0 Å². The Balaban J connectivity index is 1.80. The number of nitrogens with zero attached hydrogens (tertiary/aromatic N) is 1. The molecule has 0 saturated carbocycles. The summed E-state index contributed by atoms with van der Waals surface area (Å²) in [5.41, 5.74) is 0. The van der Waals surface area contributed by atoms with E-state index in [0.717, 1.165) is 25.9 Å². The number of amides is 1. The number of rotatable bonds is 3. The lowest BCUT2D eigenvalue weighted by atomic mass is 10.0. The van der Waals surface area contributed by atoms with Crippen molar-refractivity contribution in [2.24, 2.45) is 0 Å². The highest BCUT2D eigenvalue weighted by Crippen LogP contribution is 2.21. The van der Waals surface area contributed by atoms with E-state index in [9.17, 15) is 4.79 Å². The summed E-state index contributed by atoms with van der Waals surface area (Å²) in [5.74, 6) is 0.203. The minimum atomic E-state index is 0.203. The first-order chi connectivity index (χ1) is 8.16. The number of carbonyl (C=O) groups is 1. The number of hydrogen-bond donors (Lipinski definition) is 1. The van der Waals surface area contributed by atoms with Crippen molar-refractivity contribution in [1.29, 1.82) is 0 Å². The molecule has 0 radical (unpaired) electrons. The van der Waals surface area contributed by atoms with Gasteiger partial charge in [0.05, 0.1) is 0 Å². The quantitative estimate of drug-likeness (QED) is 0.896. The van der Waals surface area contributed by atoms with Crippen molar-refractivity contribution in [3.8, 4) is 0 Å². The van der Waals surface area contributed by atoms with E-state index in [1.807, 2.05) is 4.90 Å². The number of thiophene rings is 1. The van der Waals surface area contributed by atoms with Gasteiger partial charge in [-0.2, -0.15) is 0 Å². The number of likely N-dealkylation sites (tertiary alicyclic amines) is 1. The molecular formula is C13H20N2OS. The summed E-state index contributed by atoms with van der Waals surface area (Å²) in [6, 6.07) is 5.23. The minimum Gasteiger partial charge on any atom is -0.343 e. The summed E-state index contributed by atoms with van der Waals surface area (Å²) >= 11 is 1.80. The molecule has 1 aliphatic heterocycles. The summed E-state index contributed by atoms with van der Waals surface area (Å²) in [4.78, 5) is 14.5. The lowest BCUT2D eigenvalue weighted by Gasteiger charge is -2.33. The summed E-state index contributed by atoms with van der Waals surface area (Å²) in [6.45, 7) is 5.65. The van der Waals surface area contributed by atoms with Gasteiger partial charge in [-0.1, -0.05) is 6.07 Å². The molecule has 1 aliphatic rings. The fraction of sp³-hybridized carbons (Fsp3) is 0.615. The maximum Gasteiger partial charge on any atom is 0.219 e. The van der Waals surface area contributed by atoms with Gasteiger partial charge in [-0.05, 0) is 31.2 Å². The van der Waals surface area contributed by atoms with E-state index in [2.05, 4.69) is 29.8 Å². The zero-order chi connectivity index (χ0) is 12.3. The molecule has 1 N–H and O–H groups in total. The van der Waals surface area contributed by atoms with Crippen LogP contribution in [0, 0.1) is 0 Å². The zero-order valence-corrected chi connectivity index (χ0v) is 11.3. The van der Waals surface area contributed by atoms with Gasteiger partial charge < -0.3 is 10.2 Å². The van der Waals surface area contributed by atoms with Crippen molar-refractivity contribution in [2.45, 2.75) is 38.8 Å². The van der Waals surface area contributed by atoms with Crippen LogP contribution in [0.1, 0.15) is 37.6 Å². The first-order valence-corrected chi connectivity index (χ1v) is 7.09. The molecule has 0 unspecified atom stereocenters. The smallest absolute Gasteiger partial charge is 0.219 e. The topological polar surface area (TPSA) is 32.3 Å². The van der Waals surface area contributed by atoms with Gasteiger partial charge in [0.15, 0.2) is 0 Å². The number of piperidine rings is 1. The predicted octanol–water partition coefficient (Wildman–Crippen LogP) is 2.41. The van der Waals surface area contributed by atoms with Crippen molar-refractivity contribution in [3.63, 3.8) is 0 Å². The highest BCUT2D eigenvalue weighted by molar-refractivity contribution is 7.10. The molecule has 0 aliphatic carbocycles. The van der Waals surface area contributed by atoms with Crippen molar-refractivity contribution in [3.05, 3.63) is 22.4 Å². The predicted molar refractivity (Wildman–Crippen MR) is 71.1 cm³/mol. The normalized spacial score (nSPS) is 19.3. The van der Waals surface area contributed by atoms with Crippen molar-refractivity contribution in [2.75, 3.05) is 13.1 Å². The molecule has 0 bridgehead atoms. The molecule has 1 saturated heterocycles. The molecule has 1 amide bonds. The van der Waals surface area contributed by atoms with Crippen LogP contribution in [0.15, 0.2) is 17.5 Å². The van der Waals surface area contributed by atoms with E-state index >= 15 is 0 Å². The molecule has 17 heavy (non-hydrogen) atoms. The van der Waals surface area contributed by atoms with Gasteiger partial charge >= 0.3 is 0 Å². The van der Waals surface area contributed by atoms with Crippen molar-refractivity contribution >= 4 is 17.2 Å². The Hall–Kier alpha value is -0.870. The highest BCUT2D eigenvalue weighted by Gasteiger charge is 2.22. The molecule has 4 heteroatoms. The van der Waals surface area contributed by atoms with E-state index in [-0.39, 0.29) is 5.91 Å². The first-order valence-electron chi connectivity index (χ1n) is 6.22. The molecular weight excluding hydrogens is 232 g/mol. The van der Waals surface area contributed by atoms with Crippen LogP contribution in [0.3, 0.4) is 0 Å². The largest absolute Gasteiger partial charge is 0.343 e. The van der Waals surface area contributed by atoms with Gasteiger partial charge in [-0.15, -0.1) is 11.3 Å². The van der Waals surface area contributed by atoms with Crippen molar-refractivity contribution in [1.82, 2.24) is 10.2 Å². The molecule has 3 nitrogen and oxygen atoms in total. The Labute approximate surface area is 107 Å².